The van der Waals surface area contributed by atoms with Crippen molar-refractivity contribution in [1.29, 1.82) is 0 Å². The predicted octanol–water partition coefficient (Wildman–Crippen LogP) is 2.48. The molecule has 110 valence electrons. The van der Waals surface area contributed by atoms with Crippen LogP contribution in [-0.4, -0.2) is 17.6 Å². The molecule has 2 unspecified atom stereocenters. The van der Waals surface area contributed by atoms with Gasteiger partial charge in [0, 0.05) is 27.4 Å². The van der Waals surface area contributed by atoms with Crippen molar-refractivity contribution in [2.45, 2.75) is 32.1 Å². The van der Waals surface area contributed by atoms with Crippen LogP contribution in [0.5, 0.6) is 0 Å². The lowest BCUT2D eigenvalue weighted by molar-refractivity contribution is -0.136. The second-order valence-electron chi connectivity index (χ2n) is 5.76. The molecule has 1 N–H and O–H groups in total. The summed E-state index contributed by atoms with van der Waals surface area (Å²) in [5, 5.41) is 2.37. The molecule has 2 aliphatic rings. The highest BCUT2D eigenvalue weighted by Crippen LogP contribution is 2.33. The van der Waals surface area contributed by atoms with Gasteiger partial charge in [-0.05, 0) is 59.9 Å². The number of aryl methyl sites for hydroxylation is 1. The highest BCUT2D eigenvalue weighted by Gasteiger charge is 2.34. The molecular weight excluding hydrogens is 381 g/mol. The summed E-state index contributed by atoms with van der Waals surface area (Å²) in [5.74, 6) is -0.568. The topological polar surface area (TPSA) is 63.2 Å². The third-order valence-corrected chi connectivity index (χ3v) is 5.30. The first-order valence-corrected chi connectivity index (χ1v) is 8.29. The Balaban J connectivity index is 1.76. The maximum atomic E-state index is 12.7. The van der Waals surface area contributed by atoms with Gasteiger partial charge in [0.1, 0.15) is 0 Å². The standard InChI is InChI=1S/C16H16INO3/c17-12-3-1-2-9-4-5-10(15(20)14(9)12)8-11-6-7-13(19)18-16(11)21/h1-3,10-11H,4-8H2,(H,18,19,21). The van der Waals surface area contributed by atoms with Crippen LogP contribution in [0.25, 0.3) is 0 Å². The Morgan fingerprint density at radius 3 is 2.62 bits per heavy atom. The highest BCUT2D eigenvalue weighted by molar-refractivity contribution is 14.1. The summed E-state index contributed by atoms with van der Waals surface area (Å²) >= 11 is 2.20. The zero-order chi connectivity index (χ0) is 15.0. The molecule has 5 heteroatoms. The Morgan fingerprint density at radius 2 is 1.86 bits per heavy atom. The first-order chi connectivity index (χ1) is 10.1. The van der Waals surface area contributed by atoms with E-state index >= 15 is 0 Å². The number of piperidine rings is 1. The van der Waals surface area contributed by atoms with E-state index in [1.165, 1.54) is 0 Å². The van der Waals surface area contributed by atoms with Crippen molar-refractivity contribution in [3.8, 4) is 0 Å². The Morgan fingerprint density at radius 1 is 1.10 bits per heavy atom. The molecule has 1 aliphatic heterocycles. The molecule has 1 aliphatic carbocycles. The van der Waals surface area contributed by atoms with Gasteiger partial charge in [-0.3, -0.25) is 19.7 Å². The largest absolute Gasteiger partial charge is 0.296 e. The van der Waals surface area contributed by atoms with Gasteiger partial charge in [0.15, 0.2) is 5.78 Å². The van der Waals surface area contributed by atoms with Gasteiger partial charge in [0.2, 0.25) is 11.8 Å². The van der Waals surface area contributed by atoms with Crippen LogP contribution in [0.3, 0.4) is 0 Å². The Bertz CT molecular complexity index is 626. The van der Waals surface area contributed by atoms with Crippen molar-refractivity contribution in [2.24, 2.45) is 11.8 Å². The fraction of sp³-hybridized carbons (Fsp3) is 0.438. The molecule has 2 amide bonds. The van der Waals surface area contributed by atoms with Gasteiger partial charge in [0.05, 0.1) is 0 Å². The highest BCUT2D eigenvalue weighted by atomic mass is 127. The summed E-state index contributed by atoms with van der Waals surface area (Å²) in [7, 11) is 0. The van der Waals surface area contributed by atoms with Gasteiger partial charge in [-0.25, -0.2) is 0 Å². The summed E-state index contributed by atoms with van der Waals surface area (Å²) in [6, 6.07) is 5.94. The van der Waals surface area contributed by atoms with Gasteiger partial charge in [0.25, 0.3) is 0 Å². The van der Waals surface area contributed by atoms with E-state index < -0.39 is 0 Å². The van der Waals surface area contributed by atoms with Crippen LogP contribution in [-0.2, 0) is 16.0 Å². The number of ketones is 1. The number of benzene rings is 1. The van der Waals surface area contributed by atoms with E-state index in [9.17, 15) is 14.4 Å². The molecule has 4 nitrogen and oxygen atoms in total. The number of Topliss-reactive ketones (excluding diaryl/α,β-unsaturated/α-hetero) is 1. The third-order valence-electron chi connectivity index (χ3n) is 4.40. The molecule has 0 radical (unpaired) electrons. The smallest absolute Gasteiger partial charge is 0.229 e. The summed E-state index contributed by atoms with van der Waals surface area (Å²) in [4.78, 5) is 35.7. The molecule has 21 heavy (non-hydrogen) atoms. The Hall–Kier alpha value is -1.24. The van der Waals surface area contributed by atoms with Gasteiger partial charge in [-0.1, -0.05) is 12.1 Å². The zero-order valence-corrected chi connectivity index (χ0v) is 13.7. The molecule has 0 spiro atoms. The second-order valence-corrected chi connectivity index (χ2v) is 6.92. The average Bonchev–Trinajstić information content (AvgIpc) is 2.44. The summed E-state index contributed by atoms with van der Waals surface area (Å²) < 4.78 is 0.989. The van der Waals surface area contributed by atoms with Crippen molar-refractivity contribution in [2.75, 3.05) is 0 Å². The van der Waals surface area contributed by atoms with Crippen LogP contribution in [0.15, 0.2) is 18.2 Å². The molecular formula is C16H16INO3. The van der Waals surface area contributed by atoms with Crippen molar-refractivity contribution < 1.29 is 14.4 Å². The molecule has 1 saturated heterocycles. The summed E-state index contributed by atoms with van der Waals surface area (Å²) in [6.45, 7) is 0. The summed E-state index contributed by atoms with van der Waals surface area (Å²) in [5.41, 5.74) is 1.95. The third kappa shape index (κ3) is 2.88. The number of carbonyl (C=O) groups is 3. The molecule has 0 bridgehead atoms. The number of carbonyl (C=O) groups excluding carboxylic acids is 3. The van der Waals surface area contributed by atoms with Gasteiger partial charge in [-0.2, -0.15) is 0 Å². The van der Waals surface area contributed by atoms with E-state index in [2.05, 4.69) is 27.9 Å². The number of rotatable bonds is 2. The van der Waals surface area contributed by atoms with Crippen LogP contribution in [0.4, 0.5) is 0 Å². The van der Waals surface area contributed by atoms with Crippen LogP contribution in [0, 0.1) is 15.4 Å². The molecule has 1 fully saturated rings. The van der Waals surface area contributed by atoms with E-state index in [0.717, 1.165) is 27.5 Å². The number of imide groups is 1. The van der Waals surface area contributed by atoms with Crippen molar-refractivity contribution in [3.63, 3.8) is 0 Å². The SMILES string of the molecule is O=C1CCC(CC2CCc3cccc(I)c3C2=O)C(=O)N1. The van der Waals surface area contributed by atoms with Crippen molar-refractivity contribution >= 4 is 40.2 Å². The number of hydrogen-bond acceptors (Lipinski definition) is 3. The minimum Gasteiger partial charge on any atom is -0.296 e. The van der Waals surface area contributed by atoms with Crippen LogP contribution >= 0.6 is 22.6 Å². The zero-order valence-electron chi connectivity index (χ0n) is 11.5. The number of hydrogen-bond donors (Lipinski definition) is 1. The fourth-order valence-electron chi connectivity index (χ4n) is 3.25. The minimum absolute atomic E-state index is 0.0997. The average molecular weight is 397 g/mol. The molecule has 1 aromatic rings. The molecule has 3 rings (SSSR count). The molecule has 2 atom stereocenters. The van der Waals surface area contributed by atoms with E-state index in [1.54, 1.807) is 0 Å². The monoisotopic (exact) mass is 397 g/mol. The number of fused-ring (bicyclic) bond motifs is 1. The minimum atomic E-state index is -0.215. The number of halogens is 1. The summed E-state index contributed by atoms with van der Waals surface area (Å²) in [6.07, 6.45) is 3.18. The molecule has 0 aromatic heterocycles. The van der Waals surface area contributed by atoms with Crippen LogP contribution in [0.2, 0.25) is 0 Å². The fourth-order valence-corrected chi connectivity index (χ4v) is 4.07. The lowest BCUT2D eigenvalue weighted by Gasteiger charge is -2.28. The maximum Gasteiger partial charge on any atom is 0.229 e. The van der Waals surface area contributed by atoms with E-state index in [0.29, 0.717) is 19.3 Å². The molecule has 1 aromatic carbocycles. The van der Waals surface area contributed by atoms with Gasteiger partial charge in [-0.15, -0.1) is 0 Å². The molecule has 1 heterocycles. The van der Waals surface area contributed by atoms with E-state index in [1.807, 2.05) is 18.2 Å². The molecule has 0 saturated carbocycles. The van der Waals surface area contributed by atoms with Gasteiger partial charge >= 0.3 is 0 Å². The van der Waals surface area contributed by atoms with Crippen molar-refractivity contribution in [1.82, 2.24) is 5.32 Å². The first-order valence-electron chi connectivity index (χ1n) is 7.21. The number of amides is 2. The van der Waals surface area contributed by atoms with Crippen LogP contribution < -0.4 is 5.32 Å². The quantitative estimate of drug-likeness (QED) is 0.616. The normalized spacial score (nSPS) is 25.5. The number of nitrogens with one attached hydrogen (secondary N) is 1. The lowest BCUT2D eigenvalue weighted by atomic mass is 9.77. The van der Waals surface area contributed by atoms with E-state index in [4.69, 9.17) is 0 Å². The Labute approximate surface area is 136 Å². The lowest BCUT2D eigenvalue weighted by Crippen LogP contribution is -2.42. The van der Waals surface area contributed by atoms with E-state index in [-0.39, 0.29) is 29.4 Å². The first kappa shape index (κ1) is 14.7. The Kier molecular flexibility index (Phi) is 4.10. The van der Waals surface area contributed by atoms with Gasteiger partial charge < -0.3 is 0 Å². The second kappa shape index (κ2) is 5.87. The maximum absolute atomic E-state index is 12.7. The predicted molar refractivity (Wildman–Crippen MR) is 85.8 cm³/mol. The van der Waals surface area contributed by atoms with Crippen LogP contribution in [0.1, 0.15) is 41.6 Å². The van der Waals surface area contributed by atoms with Crippen molar-refractivity contribution in [3.05, 3.63) is 32.9 Å².